The molecule has 1 saturated carbocycles. The van der Waals surface area contributed by atoms with E-state index in [1.807, 2.05) is 23.1 Å². The summed E-state index contributed by atoms with van der Waals surface area (Å²) < 4.78 is 5.86. The van der Waals surface area contributed by atoms with Crippen molar-refractivity contribution in [3.8, 4) is 5.75 Å². The third kappa shape index (κ3) is 3.86. The molecular weight excluding hydrogens is 324 g/mol. The Kier molecular flexibility index (Phi) is 5.82. The molecule has 2 N–H and O–H groups in total. The average Bonchev–Trinajstić information content (AvgIpc) is 3.07. The SMILES string of the molecule is CC(C)(C)c1ccccc1OCC(=O)N1CC2CCC(N)C2C1.Cl. The quantitative estimate of drug-likeness (QED) is 0.909. The van der Waals surface area contributed by atoms with Crippen LogP contribution in [-0.4, -0.2) is 36.5 Å². The lowest BCUT2D eigenvalue weighted by molar-refractivity contribution is -0.132. The van der Waals surface area contributed by atoms with E-state index in [2.05, 4.69) is 26.8 Å². The molecule has 3 rings (SSSR count). The molecule has 0 radical (unpaired) electrons. The van der Waals surface area contributed by atoms with E-state index in [1.165, 1.54) is 0 Å². The van der Waals surface area contributed by atoms with Crippen LogP contribution in [0.1, 0.15) is 39.2 Å². The summed E-state index contributed by atoms with van der Waals surface area (Å²) in [6.45, 7) is 8.22. The minimum atomic E-state index is -0.00290. The molecule has 1 aromatic rings. The second-order valence-corrected chi connectivity index (χ2v) is 8.00. The highest BCUT2D eigenvalue weighted by atomic mass is 35.5. The minimum Gasteiger partial charge on any atom is -0.483 e. The van der Waals surface area contributed by atoms with Gasteiger partial charge in [-0.15, -0.1) is 12.4 Å². The van der Waals surface area contributed by atoms with Crippen LogP contribution in [0, 0.1) is 11.8 Å². The van der Waals surface area contributed by atoms with Crippen LogP contribution in [0.2, 0.25) is 0 Å². The Hall–Kier alpha value is -1.26. The van der Waals surface area contributed by atoms with Crippen molar-refractivity contribution in [2.45, 2.75) is 45.1 Å². The molecule has 5 heteroatoms. The highest BCUT2D eigenvalue weighted by Crippen LogP contribution is 2.37. The molecule has 4 nitrogen and oxygen atoms in total. The van der Waals surface area contributed by atoms with E-state index in [1.54, 1.807) is 0 Å². The molecular formula is C19H29ClN2O2. The summed E-state index contributed by atoms with van der Waals surface area (Å²) in [4.78, 5) is 14.4. The first kappa shape index (κ1) is 19.1. The van der Waals surface area contributed by atoms with Gasteiger partial charge in [0.15, 0.2) is 6.61 Å². The van der Waals surface area contributed by atoms with Gasteiger partial charge in [-0.3, -0.25) is 4.79 Å². The fraction of sp³-hybridized carbons (Fsp3) is 0.632. The molecule has 1 aromatic carbocycles. The van der Waals surface area contributed by atoms with Gasteiger partial charge in [-0.1, -0.05) is 39.0 Å². The zero-order chi connectivity index (χ0) is 16.6. The molecule has 0 bridgehead atoms. The predicted molar refractivity (Wildman–Crippen MR) is 98.7 cm³/mol. The fourth-order valence-corrected chi connectivity index (χ4v) is 3.95. The van der Waals surface area contributed by atoms with Crippen molar-refractivity contribution >= 4 is 18.3 Å². The van der Waals surface area contributed by atoms with Gasteiger partial charge < -0.3 is 15.4 Å². The highest BCUT2D eigenvalue weighted by molar-refractivity contribution is 5.85. The number of nitrogens with two attached hydrogens (primary N) is 1. The van der Waals surface area contributed by atoms with Gasteiger partial charge in [-0.2, -0.15) is 0 Å². The third-order valence-corrected chi connectivity index (χ3v) is 5.31. The number of para-hydroxylation sites is 1. The van der Waals surface area contributed by atoms with Crippen molar-refractivity contribution in [3.63, 3.8) is 0 Å². The lowest BCUT2D eigenvalue weighted by atomic mass is 9.86. The van der Waals surface area contributed by atoms with Gasteiger partial charge in [-0.25, -0.2) is 0 Å². The Morgan fingerprint density at radius 1 is 1.25 bits per heavy atom. The summed E-state index contributed by atoms with van der Waals surface area (Å²) >= 11 is 0. The molecule has 0 spiro atoms. The summed E-state index contributed by atoms with van der Waals surface area (Å²) in [5.74, 6) is 1.97. The Balaban J connectivity index is 0.00000208. The van der Waals surface area contributed by atoms with Gasteiger partial charge >= 0.3 is 0 Å². The first-order valence-corrected chi connectivity index (χ1v) is 8.62. The standard InChI is InChI=1S/C19H28N2O2.ClH/c1-19(2,3)15-6-4-5-7-17(15)23-12-18(22)21-10-13-8-9-16(20)14(13)11-21;/h4-7,13-14,16H,8-12,20H2,1-3H3;1H. The lowest BCUT2D eigenvalue weighted by Gasteiger charge is -2.23. The van der Waals surface area contributed by atoms with E-state index in [-0.39, 0.29) is 36.4 Å². The number of carbonyl (C=O) groups excluding carboxylic acids is 1. The van der Waals surface area contributed by atoms with Crippen LogP contribution in [-0.2, 0) is 10.2 Å². The largest absolute Gasteiger partial charge is 0.483 e. The highest BCUT2D eigenvalue weighted by Gasteiger charge is 2.42. The molecule has 24 heavy (non-hydrogen) atoms. The van der Waals surface area contributed by atoms with Crippen LogP contribution in [0.4, 0.5) is 0 Å². The van der Waals surface area contributed by atoms with Crippen LogP contribution < -0.4 is 10.5 Å². The summed E-state index contributed by atoms with van der Waals surface area (Å²) in [5.41, 5.74) is 7.28. The molecule has 134 valence electrons. The molecule has 2 fully saturated rings. The summed E-state index contributed by atoms with van der Waals surface area (Å²) in [6, 6.07) is 8.24. The fourth-order valence-electron chi connectivity index (χ4n) is 3.95. The Morgan fingerprint density at radius 3 is 2.62 bits per heavy atom. The van der Waals surface area contributed by atoms with E-state index < -0.39 is 0 Å². The van der Waals surface area contributed by atoms with Gasteiger partial charge in [-0.05, 0) is 41.7 Å². The average molecular weight is 353 g/mol. The normalized spacial score (nSPS) is 26.0. The summed E-state index contributed by atoms with van der Waals surface area (Å²) in [7, 11) is 0. The molecule has 2 aliphatic rings. The molecule has 0 aromatic heterocycles. The second kappa shape index (κ2) is 7.32. The van der Waals surface area contributed by atoms with Crippen molar-refractivity contribution in [1.82, 2.24) is 4.90 Å². The number of hydrogen-bond donors (Lipinski definition) is 1. The van der Waals surface area contributed by atoms with Gasteiger partial charge in [0.25, 0.3) is 5.91 Å². The number of nitrogens with zero attached hydrogens (tertiary/aromatic N) is 1. The zero-order valence-corrected chi connectivity index (χ0v) is 15.6. The summed E-state index contributed by atoms with van der Waals surface area (Å²) in [6.07, 6.45) is 2.26. The van der Waals surface area contributed by atoms with Crippen molar-refractivity contribution in [2.75, 3.05) is 19.7 Å². The first-order valence-electron chi connectivity index (χ1n) is 8.62. The number of rotatable bonds is 3. The topological polar surface area (TPSA) is 55.6 Å². The van der Waals surface area contributed by atoms with E-state index >= 15 is 0 Å². The predicted octanol–water partition coefficient (Wildman–Crippen LogP) is 2.98. The minimum absolute atomic E-state index is 0. The zero-order valence-electron chi connectivity index (χ0n) is 14.8. The number of halogens is 1. The smallest absolute Gasteiger partial charge is 0.260 e. The molecule has 1 amide bonds. The number of ether oxygens (including phenoxy) is 1. The molecule has 1 saturated heterocycles. The molecule has 1 aliphatic carbocycles. The van der Waals surface area contributed by atoms with Crippen molar-refractivity contribution in [1.29, 1.82) is 0 Å². The van der Waals surface area contributed by atoms with E-state index in [0.717, 1.165) is 37.2 Å². The maximum absolute atomic E-state index is 12.5. The van der Waals surface area contributed by atoms with E-state index in [9.17, 15) is 4.79 Å². The van der Waals surface area contributed by atoms with Crippen molar-refractivity contribution < 1.29 is 9.53 Å². The number of amides is 1. The maximum Gasteiger partial charge on any atom is 0.260 e. The maximum atomic E-state index is 12.5. The first-order chi connectivity index (χ1) is 10.9. The number of likely N-dealkylation sites (tertiary alicyclic amines) is 1. The second-order valence-electron chi connectivity index (χ2n) is 8.00. The van der Waals surface area contributed by atoms with Crippen LogP contribution in [0.15, 0.2) is 24.3 Å². The van der Waals surface area contributed by atoms with Gasteiger partial charge in [0.1, 0.15) is 5.75 Å². The van der Waals surface area contributed by atoms with Gasteiger partial charge in [0.2, 0.25) is 0 Å². The Labute approximate surface area is 151 Å². The van der Waals surface area contributed by atoms with Gasteiger partial charge in [0, 0.05) is 19.1 Å². The van der Waals surface area contributed by atoms with Crippen LogP contribution in [0.25, 0.3) is 0 Å². The van der Waals surface area contributed by atoms with Crippen LogP contribution in [0.5, 0.6) is 5.75 Å². The Bertz CT molecular complexity index is 585. The Morgan fingerprint density at radius 2 is 1.96 bits per heavy atom. The van der Waals surface area contributed by atoms with Crippen molar-refractivity contribution in [3.05, 3.63) is 29.8 Å². The lowest BCUT2D eigenvalue weighted by Crippen LogP contribution is -2.36. The monoisotopic (exact) mass is 352 g/mol. The molecule has 1 heterocycles. The molecule has 1 aliphatic heterocycles. The van der Waals surface area contributed by atoms with Gasteiger partial charge in [0.05, 0.1) is 0 Å². The van der Waals surface area contributed by atoms with Crippen LogP contribution >= 0.6 is 12.4 Å². The van der Waals surface area contributed by atoms with E-state index in [0.29, 0.717) is 11.8 Å². The van der Waals surface area contributed by atoms with Crippen molar-refractivity contribution in [2.24, 2.45) is 17.6 Å². The third-order valence-electron chi connectivity index (χ3n) is 5.31. The number of fused-ring (bicyclic) bond motifs is 1. The number of hydrogen-bond acceptors (Lipinski definition) is 3. The summed E-state index contributed by atoms with van der Waals surface area (Å²) in [5, 5.41) is 0. The molecule has 3 atom stereocenters. The van der Waals surface area contributed by atoms with Crippen LogP contribution in [0.3, 0.4) is 0 Å². The molecule has 3 unspecified atom stereocenters. The number of benzene rings is 1. The van der Waals surface area contributed by atoms with E-state index in [4.69, 9.17) is 10.5 Å². The number of carbonyl (C=O) groups is 1.